The van der Waals surface area contributed by atoms with E-state index in [0.717, 1.165) is 22.6 Å². The van der Waals surface area contributed by atoms with Gasteiger partial charge in [-0.25, -0.2) is 0 Å². The number of ether oxygens (including phenoxy) is 5. The fourth-order valence-corrected chi connectivity index (χ4v) is 3.22. The van der Waals surface area contributed by atoms with Crippen LogP contribution in [-0.4, -0.2) is 38.5 Å². The first-order chi connectivity index (χ1) is 16.5. The van der Waals surface area contributed by atoms with Gasteiger partial charge in [0.2, 0.25) is 0 Å². The fraction of sp³-hybridized carbons (Fsp3) is 0.393. The predicted octanol–water partition coefficient (Wildman–Crippen LogP) is 5.65. The van der Waals surface area contributed by atoms with E-state index in [4.69, 9.17) is 23.7 Å². The lowest BCUT2D eigenvalue weighted by molar-refractivity contribution is -0.151. The van der Waals surface area contributed by atoms with Crippen molar-refractivity contribution in [2.75, 3.05) is 14.2 Å². The number of methoxy groups -OCH3 is 2. The van der Waals surface area contributed by atoms with Gasteiger partial charge in [-0.2, -0.15) is 0 Å². The highest BCUT2D eigenvalue weighted by molar-refractivity contribution is 5.70. The summed E-state index contributed by atoms with van der Waals surface area (Å²) in [5.41, 5.74) is 2.04. The van der Waals surface area contributed by atoms with E-state index in [1.54, 1.807) is 26.4 Å². The Bertz CT molecular complexity index is 875. The predicted molar refractivity (Wildman–Crippen MR) is 133 cm³/mol. The van der Waals surface area contributed by atoms with Gasteiger partial charge in [-0.1, -0.05) is 36.4 Å². The summed E-state index contributed by atoms with van der Waals surface area (Å²) in [6, 6.07) is 15.3. The monoisotopic (exact) mass is 468 g/mol. The molecule has 6 heteroatoms. The average Bonchev–Trinajstić information content (AvgIpc) is 2.87. The molecule has 0 aliphatic rings. The van der Waals surface area contributed by atoms with E-state index >= 15 is 0 Å². The Morgan fingerprint density at radius 1 is 0.794 bits per heavy atom. The molecule has 0 aliphatic carbocycles. The van der Waals surface area contributed by atoms with Gasteiger partial charge in [0.25, 0.3) is 0 Å². The van der Waals surface area contributed by atoms with Gasteiger partial charge in [-0.15, -0.1) is 13.2 Å². The van der Waals surface area contributed by atoms with Crippen LogP contribution in [0.4, 0.5) is 0 Å². The Hall–Kier alpha value is -3.09. The van der Waals surface area contributed by atoms with Crippen LogP contribution in [0.2, 0.25) is 0 Å². The van der Waals surface area contributed by atoms with Crippen molar-refractivity contribution in [2.45, 2.75) is 57.7 Å². The Morgan fingerprint density at radius 2 is 1.26 bits per heavy atom. The molecule has 2 aromatic rings. The fourth-order valence-electron chi connectivity index (χ4n) is 3.22. The number of carbonyl (C=O) groups is 1. The van der Waals surface area contributed by atoms with Crippen molar-refractivity contribution < 1.29 is 28.5 Å². The van der Waals surface area contributed by atoms with Gasteiger partial charge in [0, 0.05) is 0 Å². The molecule has 0 spiro atoms. The lowest BCUT2D eigenvalue weighted by Crippen LogP contribution is -2.22. The van der Waals surface area contributed by atoms with Gasteiger partial charge in [0.1, 0.15) is 11.5 Å². The maximum atomic E-state index is 12.4. The molecular weight excluding hydrogens is 432 g/mol. The Labute approximate surface area is 203 Å². The summed E-state index contributed by atoms with van der Waals surface area (Å²) >= 11 is 0. The third-order valence-corrected chi connectivity index (χ3v) is 5.33. The molecule has 0 amide bonds. The highest BCUT2D eigenvalue weighted by Gasteiger charge is 2.17. The van der Waals surface area contributed by atoms with Crippen molar-refractivity contribution in [3.63, 3.8) is 0 Å². The minimum Gasteiger partial charge on any atom is -0.497 e. The Balaban J connectivity index is 1.69. The van der Waals surface area contributed by atoms with Crippen molar-refractivity contribution in [1.29, 1.82) is 0 Å². The molecular formula is C28H36O6. The summed E-state index contributed by atoms with van der Waals surface area (Å²) in [6.07, 6.45) is 4.08. The Morgan fingerprint density at radius 3 is 1.71 bits per heavy atom. The van der Waals surface area contributed by atoms with Crippen LogP contribution in [-0.2, 0) is 32.2 Å². The summed E-state index contributed by atoms with van der Waals surface area (Å²) in [7, 11) is 3.26. The van der Waals surface area contributed by atoms with E-state index in [2.05, 4.69) is 13.2 Å². The first-order valence-electron chi connectivity index (χ1n) is 11.4. The van der Waals surface area contributed by atoms with Crippen molar-refractivity contribution in [3.8, 4) is 11.5 Å². The maximum Gasteiger partial charge on any atom is 0.309 e. The number of hydrogen-bond acceptors (Lipinski definition) is 6. The minimum absolute atomic E-state index is 0.114. The molecule has 0 heterocycles. The summed E-state index contributed by atoms with van der Waals surface area (Å²) < 4.78 is 27.6. The molecule has 2 rings (SSSR count). The number of hydrogen-bond donors (Lipinski definition) is 0. The van der Waals surface area contributed by atoms with E-state index in [1.807, 2.05) is 55.5 Å². The smallest absolute Gasteiger partial charge is 0.309 e. The lowest BCUT2D eigenvalue weighted by Gasteiger charge is -2.19. The van der Waals surface area contributed by atoms with Crippen LogP contribution >= 0.6 is 0 Å². The number of carbonyl (C=O) groups excluding carboxylic acids is 1. The SMILES string of the molecule is C=C[C@H](CC[C@@H](C)OC(=O)C[C@@H](C=C)OCc1ccc(OC)cc1)OCc1ccc(OC)cc1. The Kier molecular flexibility index (Phi) is 11.9. The highest BCUT2D eigenvalue weighted by Crippen LogP contribution is 2.17. The second-order valence-electron chi connectivity index (χ2n) is 7.95. The maximum absolute atomic E-state index is 12.4. The van der Waals surface area contributed by atoms with Crippen molar-refractivity contribution in [2.24, 2.45) is 0 Å². The minimum atomic E-state index is -0.421. The second-order valence-corrected chi connectivity index (χ2v) is 7.95. The summed E-state index contributed by atoms with van der Waals surface area (Å²) in [5.74, 6) is 1.28. The molecule has 0 N–H and O–H groups in total. The third-order valence-electron chi connectivity index (χ3n) is 5.33. The van der Waals surface area contributed by atoms with E-state index in [9.17, 15) is 4.79 Å². The quantitative estimate of drug-likeness (QED) is 0.234. The van der Waals surface area contributed by atoms with Gasteiger partial charge < -0.3 is 23.7 Å². The van der Waals surface area contributed by atoms with Gasteiger partial charge in [-0.3, -0.25) is 4.79 Å². The molecule has 3 atom stereocenters. The van der Waals surface area contributed by atoms with E-state index in [1.165, 1.54) is 0 Å². The van der Waals surface area contributed by atoms with Crippen molar-refractivity contribution in [1.82, 2.24) is 0 Å². The van der Waals surface area contributed by atoms with E-state index < -0.39 is 6.10 Å². The number of esters is 1. The van der Waals surface area contributed by atoms with E-state index in [-0.39, 0.29) is 24.6 Å². The normalized spacial score (nSPS) is 13.4. The standard InChI is InChI=1S/C28H36O6/c1-6-24(32-19-22-9-14-26(30-4)15-10-22)13-8-21(3)34-28(29)18-25(7-2)33-20-23-11-16-27(31-5)17-12-23/h6-7,9-12,14-17,21,24-25H,1-2,8,13,18-20H2,3-5H3/t21-,24-,25-/m1/s1. The molecule has 2 aromatic carbocycles. The van der Waals surface area contributed by atoms with Gasteiger partial charge in [0.15, 0.2) is 0 Å². The molecule has 0 saturated heterocycles. The third kappa shape index (κ3) is 9.81. The lowest BCUT2D eigenvalue weighted by atomic mass is 10.1. The summed E-state index contributed by atoms with van der Waals surface area (Å²) in [4.78, 5) is 12.4. The van der Waals surface area contributed by atoms with Crippen LogP contribution in [0.1, 0.15) is 37.3 Å². The first-order valence-corrected chi connectivity index (χ1v) is 11.4. The van der Waals surface area contributed by atoms with E-state index in [0.29, 0.717) is 26.1 Å². The van der Waals surface area contributed by atoms with Gasteiger partial charge >= 0.3 is 5.97 Å². The molecule has 0 saturated carbocycles. The van der Waals surface area contributed by atoms with Crippen molar-refractivity contribution >= 4 is 5.97 Å². The topological polar surface area (TPSA) is 63.2 Å². The van der Waals surface area contributed by atoms with Crippen molar-refractivity contribution in [3.05, 3.63) is 85.0 Å². The zero-order valence-corrected chi connectivity index (χ0v) is 20.4. The largest absolute Gasteiger partial charge is 0.497 e. The van der Waals surface area contributed by atoms with Crippen LogP contribution in [0.25, 0.3) is 0 Å². The van der Waals surface area contributed by atoms with Crippen LogP contribution in [0.15, 0.2) is 73.8 Å². The summed E-state index contributed by atoms with van der Waals surface area (Å²) in [5, 5.41) is 0. The molecule has 0 aliphatic heterocycles. The van der Waals surface area contributed by atoms with Crippen LogP contribution in [0.3, 0.4) is 0 Å². The van der Waals surface area contributed by atoms with Crippen LogP contribution in [0, 0.1) is 0 Å². The number of benzene rings is 2. The molecule has 6 nitrogen and oxygen atoms in total. The molecule has 0 fully saturated rings. The zero-order valence-electron chi connectivity index (χ0n) is 20.4. The van der Waals surface area contributed by atoms with Crippen LogP contribution in [0.5, 0.6) is 11.5 Å². The highest BCUT2D eigenvalue weighted by atomic mass is 16.5. The first kappa shape index (κ1) is 27.2. The molecule has 0 unspecified atom stereocenters. The van der Waals surface area contributed by atoms with Gasteiger partial charge in [0.05, 0.1) is 52.2 Å². The molecule has 0 radical (unpaired) electrons. The molecule has 34 heavy (non-hydrogen) atoms. The summed E-state index contributed by atoms with van der Waals surface area (Å²) in [6.45, 7) is 10.4. The zero-order chi connectivity index (χ0) is 24.8. The average molecular weight is 469 g/mol. The molecule has 0 bridgehead atoms. The molecule has 0 aromatic heterocycles. The van der Waals surface area contributed by atoms with Gasteiger partial charge in [-0.05, 0) is 55.2 Å². The molecule has 184 valence electrons. The van der Waals surface area contributed by atoms with Crippen LogP contribution < -0.4 is 9.47 Å². The second kappa shape index (κ2) is 14.9. The number of rotatable bonds is 16.